The van der Waals surface area contributed by atoms with E-state index >= 15 is 0 Å². The second-order valence-corrected chi connectivity index (χ2v) is 17.8. The van der Waals surface area contributed by atoms with Crippen LogP contribution < -0.4 is 22.5 Å². The Balaban J connectivity index is 1.19. The summed E-state index contributed by atoms with van der Waals surface area (Å²) in [6.45, 7) is -2.46. The first kappa shape index (κ1) is 43.7. The number of aromatic amines is 2. The number of phosphoric ester groups is 2. The van der Waals surface area contributed by atoms with Crippen molar-refractivity contribution in [2.75, 3.05) is 13.2 Å². The van der Waals surface area contributed by atoms with E-state index in [0.717, 1.165) is 29.1 Å². The molecule has 4 unspecified atom stereocenters. The van der Waals surface area contributed by atoms with E-state index < -0.39 is 122 Å². The third-order valence-corrected chi connectivity index (χ3v) is 13.6. The van der Waals surface area contributed by atoms with Gasteiger partial charge in [0.1, 0.15) is 24.4 Å². The van der Waals surface area contributed by atoms with Gasteiger partial charge in [0.15, 0.2) is 18.2 Å². The Labute approximate surface area is 309 Å². The molecule has 4 heterocycles. The second-order valence-electron chi connectivity index (χ2n) is 11.6. The highest BCUT2D eigenvalue weighted by atomic mass is 31.3. The lowest BCUT2D eigenvalue weighted by Gasteiger charge is -2.21. The number of ketones is 1. The van der Waals surface area contributed by atoms with Crippen molar-refractivity contribution in [2.45, 2.75) is 43.0 Å². The molecule has 0 amide bonds. The predicted molar refractivity (Wildman–Crippen MR) is 177 cm³/mol. The molecule has 2 aliphatic heterocycles. The van der Waals surface area contributed by atoms with Crippen LogP contribution in [0.2, 0.25) is 0 Å². The maximum absolute atomic E-state index is 13.4. The van der Waals surface area contributed by atoms with Gasteiger partial charge in [0.25, 0.3) is 11.1 Å². The topological polar surface area (TPSA) is 401 Å². The molecule has 0 radical (unpaired) electrons. The third kappa shape index (κ3) is 10.6. The first-order valence-corrected chi connectivity index (χ1v) is 21.3. The van der Waals surface area contributed by atoms with Gasteiger partial charge in [-0.05, 0) is 0 Å². The quantitative estimate of drug-likeness (QED) is 0.0552. The molecule has 5 rings (SSSR count). The second kappa shape index (κ2) is 16.8. The molecule has 0 aliphatic carbocycles. The highest BCUT2D eigenvalue weighted by molar-refractivity contribution is 7.69. The van der Waals surface area contributed by atoms with E-state index in [2.05, 4.69) is 22.0 Å². The van der Waals surface area contributed by atoms with Crippen LogP contribution in [0, 0.1) is 5.92 Å². The third-order valence-electron chi connectivity index (χ3n) is 7.74. The minimum absolute atomic E-state index is 0.0322. The summed E-state index contributed by atoms with van der Waals surface area (Å²) < 4.78 is 82.4. The fourth-order valence-corrected chi connectivity index (χ4v) is 10.3. The molecule has 27 nitrogen and oxygen atoms in total. The summed E-state index contributed by atoms with van der Waals surface area (Å²) in [5.41, 5.74) is -3.77. The van der Waals surface area contributed by atoms with Crippen molar-refractivity contribution in [2.24, 2.45) is 5.92 Å². The van der Waals surface area contributed by atoms with Gasteiger partial charge in [-0.2, -0.15) is 12.9 Å². The van der Waals surface area contributed by atoms with Crippen LogP contribution in [0.5, 0.6) is 0 Å². The fraction of sp³-hybridized carbons (Fsp3) is 0.400. The maximum Gasteiger partial charge on any atom is 0.490 e. The van der Waals surface area contributed by atoms with Crippen LogP contribution in [0.25, 0.3) is 0 Å². The molecule has 56 heavy (non-hydrogen) atoms. The Morgan fingerprint density at radius 2 is 1.05 bits per heavy atom. The summed E-state index contributed by atoms with van der Waals surface area (Å²) in [6.07, 6.45) is -10.8. The number of H-pyrrole nitrogens is 2. The van der Waals surface area contributed by atoms with Crippen molar-refractivity contribution in [1.29, 1.82) is 0 Å². The molecule has 12 atom stereocenters. The summed E-state index contributed by atoms with van der Waals surface area (Å²) >= 11 is 0. The summed E-state index contributed by atoms with van der Waals surface area (Å²) in [4.78, 5) is 104. The number of carbonyl (C=O) groups excluding carboxylic acids is 1. The van der Waals surface area contributed by atoms with Crippen LogP contribution in [0.15, 0.2) is 74.0 Å². The lowest BCUT2D eigenvalue weighted by Crippen LogP contribution is -2.38. The molecule has 2 aromatic heterocycles. The Morgan fingerprint density at radius 1 is 0.625 bits per heavy atom. The minimum atomic E-state index is -6.30. The summed E-state index contributed by atoms with van der Waals surface area (Å²) in [5, 5.41) is 31.5. The number of aliphatic hydroxyl groups is 3. The van der Waals surface area contributed by atoms with Crippen molar-refractivity contribution in [3.8, 4) is 0 Å². The number of nitrogens with one attached hydrogen (secondary N) is 2. The van der Waals surface area contributed by atoms with Crippen LogP contribution in [0.1, 0.15) is 22.8 Å². The molecule has 1 aromatic carbocycles. The minimum Gasteiger partial charge on any atom is -0.389 e. The van der Waals surface area contributed by atoms with Crippen molar-refractivity contribution < 1.29 is 89.4 Å². The summed E-state index contributed by atoms with van der Waals surface area (Å²) in [5.74, 6) is -2.41. The average molecular weight is 878 g/mol. The highest BCUT2D eigenvalue weighted by Crippen LogP contribution is 2.71. The Hall–Kier alpha value is -3.39. The van der Waals surface area contributed by atoms with Crippen molar-refractivity contribution >= 4 is 37.1 Å². The van der Waals surface area contributed by atoms with Gasteiger partial charge in [0, 0.05) is 30.1 Å². The zero-order valence-corrected chi connectivity index (χ0v) is 31.2. The molecule has 2 saturated heterocycles. The molecule has 9 N–H and O–H groups in total. The van der Waals surface area contributed by atoms with Gasteiger partial charge in [-0.3, -0.25) is 42.5 Å². The number of aromatic nitrogens is 4. The predicted octanol–water partition coefficient (Wildman–Crippen LogP) is -2.05. The van der Waals surface area contributed by atoms with Crippen LogP contribution in [0.3, 0.4) is 0 Å². The van der Waals surface area contributed by atoms with Crippen molar-refractivity contribution in [3.63, 3.8) is 0 Å². The lowest BCUT2D eigenvalue weighted by molar-refractivity contribution is -0.0542. The van der Waals surface area contributed by atoms with Gasteiger partial charge in [0.05, 0.1) is 25.2 Å². The monoisotopic (exact) mass is 878 g/mol. The number of aliphatic hydroxyl groups excluding tert-OH is 3. The fourth-order valence-electron chi connectivity index (χ4n) is 5.36. The number of benzene rings is 1. The molecular formula is C25H30N4O23P4. The van der Waals surface area contributed by atoms with Gasteiger partial charge >= 0.3 is 42.7 Å². The number of hydrogen-bond donors (Lipinski definition) is 9. The maximum atomic E-state index is 13.4. The highest BCUT2D eigenvalue weighted by Gasteiger charge is 2.51. The smallest absolute Gasteiger partial charge is 0.389 e. The van der Waals surface area contributed by atoms with Gasteiger partial charge in [-0.25, -0.2) is 27.8 Å². The SMILES string of the molecule is O=C(c1ccccc1)[C@@H]1[C@H](O)[C@@H](COP(=O)(O)OP(=O)(O)OP(=O)(O)OP(=O)(O)OC[C@H]2O[C@H](n3ccc(=O)[nH]c3=O)[C@H](O)[C@@H]2O)O[C@@H]1n1ccc(=O)[nH]c1=O. The van der Waals surface area contributed by atoms with Crippen molar-refractivity contribution in [1.82, 2.24) is 19.1 Å². The van der Waals surface area contributed by atoms with E-state index in [1.807, 2.05) is 9.97 Å². The average Bonchev–Trinajstić information content (AvgIpc) is 3.55. The van der Waals surface area contributed by atoms with Gasteiger partial charge in [-0.15, -0.1) is 0 Å². The number of hydrogen-bond acceptors (Lipinski definition) is 19. The number of Topliss-reactive ketones (excluding diaryl/α,β-unsaturated/α-hetero) is 1. The van der Waals surface area contributed by atoms with Gasteiger partial charge < -0.3 is 44.4 Å². The van der Waals surface area contributed by atoms with E-state index in [9.17, 15) is 77.1 Å². The van der Waals surface area contributed by atoms with E-state index in [-0.39, 0.29) is 5.56 Å². The molecular weight excluding hydrogens is 848 g/mol. The Bertz CT molecular complexity index is 2370. The molecule has 0 spiro atoms. The first-order valence-electron chi connectivity index (χ1n) is 15.3. The Kier molecular flexibility index (Phi) is 13.1. The van der Waals surface area contributed by atoms with Gasteiger partial charge in [0.2, 0.25) is 0 Å². The molecule has 2 fully saturated rings. The van der Waals surface area contributed by atoms with Crippen LogP contribution in [0.4, 0.5) is 0 Å². The van der Waals surface area contributed by atoms with Crippen molar-refractivity contribution in [3.05, 3.63) is 102 Å². The normalized spacial score (nSPS) is 29.5. The molecule has 2 aliphatic rings. The first-order chi connectivity index (χ1) is 26.0. The number of carbonyl (C=O) groups is 1. The zero-order chi connectivity index (χ0) is 41.4. The summed E-state index contributed by atoms with van der Waals surface area (Å²) in [6, 6.07) is 9.02. The molecule has 0 bridgehead atoms. The van der Waals surface area contributed by atoms with Gasteiger partial charge in [-0.1, -0.05) is 30.3 Å². The van der Waals surface area contributed by atoms with Crippen LogP contribution in [-0.2, 0) is 49.7 Å². The van der Waals surface area contributed by atoms with Crippen LogP contribution >= 0.6 is 31.3 Å². The molecule has 0 saturated carbocycles. The number of rotatable bonds is 16. The number of phosphoric acid groups is 4. The Morgan fingerprint density at radius 3 is 1.54 bits per heavy atom. The van der Waals surface area contributed by atoms with E-state index in [1.165, 1.54) is 24.3 Å². The zero-order valence-electron chi connectivity index (χ0n) is 27.6. The number of nitrogens with zero attached hydrogens (tertiary/aromatic N) is 2. The van der Waals surface area contributed by atoms with Crippen LogP contribution in [-0.4, -0.2) is 104 Å². The number of ether oxygens (including phenoxy) is 2. The molecule has 308 valence electrons. The lowest BCUT2D eigenvalue weighted by atomic mass is 9.90. The molecule has 31 heteroatoms. The largest absolute Gasteiger partial charge is 0.490 e. The van der Waals surface area contributed by atoms with E-state index in [1.54, 1.807) is 6.07 Å². The van der Waals surface area contributed by atoms with E-state index in [4.69, 9.17) is 9.47 Å². The standard InChI is InChI=1S/C25H30N4O23P4/c30-15-6-8-28(24(36)26-15)22-17(18(32)12-4-2-1-3-5-12)19(33)13(48-22)10-46-53(38,39)50-55(42,43)52-56(44,45)51-54(40,41)47-11-14-20(34)21(35)23(49-14)29-9-7-16(31)27-25(29)37/h1-9,13-14,17,19-23,33-35H,10-11H2,(H,38,39)(H,40,41)(H,42,43)(H,44,45)(H,26,30,36)(H,27,31,37)/t13-,14-,17-,19-,20-,21-,22+,23+/m1/s1. The molecule has 3 aromatic rings. The van der Waals surface area contributed by atoms with E-state index in [0.29, 0.717) is 4.57 Å². The summed E-state index contributed by atoms with van der Waals surface area (Å²) in [7, 11) is -24.4.